The Morgan fingerprint density at radius 3 is 2.52 bits per heavy atom. The lowest BCUT2D eigenvalue weighted by Crippen LogP contribution is -2.44. The Hall–Kier alpha value is -3.02. The molecule has 31 heavy (non-hydrogen) atoms. The molecule has 0 spiro atoms. The second-order valence-electron chi connectivity index (χ2n) is 7.52. The molecule has 3 aromatic rings. The van der Waals surface area contributed by atoms with Crippen molar-refractivity contribution in [2.45, 2.75) is 25.3 Å². The standard InChI is InChI=1S/C24H20Cl2N2O3/c1-2-14-6-9-20(18(11-14)22(29)30)28-24(13-15-4-3-5-16(25)10-15)19-8-7-17(26)12-21(19)27-23(24)31/h3-12,28H,2,13H2,1H3,(H,27,31)(H,29,30). The Labute approximate surface area is 190 Å². The fraction of sp³-hybridized carbons (Fsp3) is 0.167. The van der Waals surface area contributed by atoms with Crippen LogP contribution in [0.4, 0.5) is 11.4 Å². The van der Waals surface area contributed by atoms with Crippen molar-refractivity contribution < 1.29 is 14.7 Å². The molecule has 0 radical (unpaired) electrons. The van der Waals surface area contributed by atoms with Gasteiger partial charge in [0.15, 0.2) is 0 Å². The van der Waals surface area contributed by atoms with Gasteiger partial charge in [-0.1, -0.05) is 54.4 Å². The lowest BCUT2D eigenvalue weighted by Gasteiger charge is -2.31. The van der Waals surface area contributed by atoms with E-state index in [1.165, 1.54) is 0 Å². The van der Waals surface area contributed by atoms with E-state index in [0.29, 0.717) is 33.4 Å². The second kappa shape index (κ2) is 8.25. The smallest absolute Gasteiger partial charge is 0.337 e. The summed E-state index contributed by atoms with van der Waals surface area (Å²) in [6.07, 6.45) is 0.971. The van der Waals surface area contributed by atoms with E-state index in [9.17, 15) is 14.7 Å². The maximum Gasteiger partial charge on any atom is 0.337 e. The minimum Gasteiger partial charge on any atom is -0.478 e. The quantitative estimate of drug-likeness (QED) is 0.442. The summed E-state index contributed by atoms with van der Waals surface area (Å²) in [6, 6.07) is 17.7. The monoisotopic (exact) mass is 454 g/mol. The highest BCUT2D eigenvalue weighted by Crippen LogP contribution is 2.43. The molecule has 1 atom stereocenters. The molecule has 5 nitrogen and oxygen atoms in total. The van der Waals surface area contributed by atoms with Crippen LogP contribution in [0.25, 0.3) is 0 Å². The van der Waals surface area contributed by atoms with E-state index in [2.05, 4.69) is 10.6 Å². The van der Waals surface area contributed by atoms with E-state index in [1.807, 2.05) is 25.1 Å². The van der Waals surface area contributed by atoms with Gasteiger partial charge in [0.05, 0.1) is 5.56 Å². The van der Waals surface area contributed by atoms with E-state index in [-0.39, 0.29) is 17.9 Å². The van der Waals surface area contributed by atoms with Gasteiger partial charge in [0.1, 0.15) is 5.54 Å². The number of hydrogen-bond acceptors (Lipinski definition) is 3. The number of nitrogens with one attached hydrogen (secondary N) is 2. The summed E-state index contributed by atoms with van der Waals surface area (Å²) in [5, 5.41) is 17.0. The Morgan fingerprint density at radius 2 is 1.81 bits per heavy atom. The number of fused-ring (bicyclic) bond motifs is 1. The molecule has 0 aromatic heterocycles. The van der Waals surface area contributed by atoms with Crippen LogP contribution < -0.4 is 10.6 Å². The molecule has 0 saturated heterocycles. The number of aromatic carboxylic acids is 1. The number of carbonyl (C=O) groups is 2. The van der Waals surface area contributed by atoms with Gasteiger partial charge in [0, 0.05) is 33.4 Å². The number of rotatable bonds is 6. The Balaban J connectivity index is 1.87. The van der Waals surface area contributed by atoms with Gasteiger partial charge in [-0.2, -0.15) is 0 Å². The molecule has 0 fully saturated rings. The van der Waals surface area contributed by atoms with Gasteiger partial charge < -0.3 is 15.7 Å². The van der Waals surface area contributed by atoms with Crippen molar-refractivity contribution in [1.29, 1.82) is 0 Å². The summed E-state index contributed by atoms with van der Waals surface area (Å²) in [4.78, 5) is 25.3. The zero-order valence-electron chi connectivity index (χ0n) is 16.7. The minimum atomic E-state index is -1.23. The van der Waals surface area contributed by atoms with Crippen LogP contribution in [0.2, 0.25) is 10.0 Å². The molecule has 1 heterocycles. The summed E-state index contributed by atoms with van der Waals surface area (Å²) < 4.78 is 0. The topological polar surface area (TPSA) is 78.4 Å². The first kappa shape index (κ1) is 21.2. The molecule has 3 N–H and O–H groups in total. The van der Waals surface area contributed by atoms with Crippen LogP contribution in [0.3, 0.4) is 0 Å². The van der Waals surface area contributed by atoms with E-state index in [1.54, 1.807) is 42.5 Å². The molecule has 4 rings (SSSR count). The Bertz CT molecular complexity index is 1200. The average molecular weight is 455 g/mol. The van der Waals surface area contributed by atoms with Gasteiger partial charge >= 0.3 is 5.97 Å². The molecule has 7 heteroatoms. The van der Waals surface area contributed by atoms with Gasteiger partial charge in [-0.15, -0.1) is 0 Å². The van der Waals surface area contributed by atoms with Gasteiger partial charge in [-0.3, -0.25) is 4.79 Å². The average Bonchev–Trinajstić information content (AvgIpc) is 2.98. The predicted molar refractivity (Wildman–Crippen MR) is 123 cm³/mol. The molecular formula is C24H20Cl2N2O3. The van der Waals surface area contributed by atoms with Crippen molar-refractivity contribution in [2.24, 2.45) is 0 Å². The molecule has 3 aromatic carbocycles. The molecule has 1 unspecified atom stereocenters. The van der Waals surface area contributed by atoms with Crippen LogP contribution in [-0.4, -0.2) is 17.0 Å². The molecule has 1 aliphatic heterocycles. The normalized spacial score (nSPS) is 17.2. The highest BCUT2D eigenvalue weighted by Gasteiger charge is 2.47. The number of hydrogen-bond donors (Lipinski definition) is 3. The van der Waals surface area contributed by atoms with Crippen LogP contribution in [-0.2, 0) is 23.2 Å². The van der Waals surface area contributed by atoms with Crippen molar-refractivity contribution in [3.05, 3.63) is 93.0 Å². The van der Waals surface area contributed by atoms with Gasteiger partial charge in [-0.05, 0) is 53.9 Å². The molecular weight excluding hydrogens is 435 g/mol. The maximum absolute atomic E-state index is 13.4. The number of anilines is 2. The summed E-state index contributed by atoms with van der Waals surface area (Å²) >= 11 is 12.3. The summed E-state index contributed by atoms with van der Waals surface area (Å²) in [7, 11) is 0. The van der Waals surface area contributed by atoms with Crippen molar-refractivity contribution in [2.75, 3.05) is 10.6 Å². The highest BCUT2D eigenvalue weighted by molar-refractivity contribution is 6.31. The van der Waals surface area contributed by atoms with E-state index < -0.39 is 11.5 Å². The van der Waals surface area contributed by atoms with Crippen molar-refractivity contribution in [1.82, 2.24) is 0 Å². The molecule has 158 valence electrons. The number of halogens is 2. The highest BCUT2D eigenvalue weighted by atomic mass is 35.5. The molecule has 1 aliphatic rings. The number of carbonyl (C=O) groups excluding carboxylic acids is 1. The zero-order chi connectivity index (χ0) is 22.2. The Morgan fingerprint density at radius 1 is 1.03 bits per heavy atom. The van der Waals surface area contributed by atoms with Gasteiger partial charge in [0.2, 0.25) is 0 Å². The number of carboxylic acids is 1. The maximum atomic E-state index is 13.4. The molecule has 0 aliphatic carbocycles. The van der Waals surface area contributed by atoms with E-state index >= 15 is 0 Å². The predicted octanol–water partition coefficient (Wildman–Crippen LogP) is 5.76. The SMILES string of the molecule is CCc1ccc(NC2(Cc3cccc(Cl)c3)C(=O)Nc3cc(Cl)ccc32)c(C(=O)O)c1. The van der Waals surface area contributed by atoms with Crippen LogP contribution in [0, 0.1) is 0 Å². The molecule has 0 bridgehead atoms. The number of benzene rings is 3. The number of amides is 1. The lowest BCUT2D eigenvalue weighted by molar-refractivity contribution is -0.119. The van der Waals surface area contributed by atoms with Crippen molar-refractivity contribution in [3.63, 3.8) is 0 Å². The molecule has 1 amide bonds. The summed E-state index contributed by atoms with van der Waals surface area (Å²) in [5.41, 5.74) is 2.26. The van der Waals surface area contributed by atoms with Crippen LogP contribution in [0.15, 0.2) is 60.7 Å². The third-order valence-corrected chi connectivity index (χ3v) is 5.98. The van der Waals surface area contributed by atoms with Gasteiger partial charge in [-0.25, -0.2) is 4.79 Å². The largest absolute Gasteiger partial charge is 0.478 e. The first-order valence-electron chi connectivity index (χ1n) is 9.83. The number of aryl methyl sites for hydroxylation is 1. The van der Waals surface area contributed by atoms with Crippen LogP contribution in [0.5, 0.6) is 0 Å². The van der Waals surface area contributed by atoms with E-state index in [4.69, 9.17) is 23.2 Å². The fourth-order valence-corrected chi connectivity index (χ4v) is 4.35. The summed E-state index contributed by atoms with van der Waals surface area (Å²) in [6.45, 7) is 1.96. The fourth-order valence-electron chi connectivity index (χ4n) is 3.97. The Kier molecular flexibility index (Phi) is 5.65. The third-order valence-electron chi connectivity index (χ3n) is 5.51. The zero-order valence-corrected chi connectivity index (χ0v) is 18.2. The molecule has 0 saturated carbocycles. The van der Waals surface area contributed by atoms with Crippen LogP contribution >= 0.6 is 23.2 Å². The third kappa shape index (κ3) is 3.99. The van der Waals surface area contributed by atoms with Crippen LogP contribution in [0.1, 0.15) is 34.0 Å². The summed E-state index contributed by atoms with van der Waals surface area (Å²) in [5.74, 6) is -1.36. The number of carboxylic acid groups (broad SMARTS) is 1. The minimum absolute atomic E-state index is 0.111. The van der Waals surface area contributed by atoms with Crippen molar-refractivity contribution in [3.8, 4) is 0 Å². The van der Waals surface area contributed by atoms with Gasteiger partial charge in [0.25, 0.3) is 5.91 Å². The van der Waals surface area contributed by atoms with Crippen molar-refractivity contribution >= 4 is 46.5 Å². The first-order valence-corrected chi connectivity index (χ1v) is 10.6. The second-order valence-corrected chi connectivity index (χ2v) is 8.39. The van der Waals surface area contributed by atoms with E-state index in [0.717, 1.165) is 11.1 Å². The lowest BCUT2D eigenvalue weighted by atomic mass is 9.84. The first-order chi connectivity index (χ1) is 14.8.